The zero-order chi connectivity index (χ0) is 17.5. The van der Waals surface area contributed by atoms with E-state index in [1.54, 1.807) is 11.3 Å². The van der Waals surface area contributed by atoms with Gasteiger partial charge in [-0.05, 0) is 66.6 Å². The molecule has 4 heteroatoms. The molecule has 3 aliphatic heterocycles. The Kier molecular flexibility index (Phi) is 4.03. The van der Waals surface area contributed by atoms with Gasteiger partial charge in [0.15, 0.2) is 0 Å². The number of fused-ring (bicyclic) bond motifs is 4. The summed E-state index contributed by atoms with van der Waals surface area (Å²) in [6.45, 7) is 3.41. The summed E-state index contributed by atoms with van der Waals surface area (Å²) in [6, 6.07) is 19.2. The highest BCUT2D eigenvalue weighted by atomic mass is 32.1. The number of nitrogens with zero attached hydrogens (tertiary/aromatic N) is 1. The third-order valence-electron chi connectivity index (χ3n) is 5.82. The van der Waals surface area contributed by atoms with Crippen molar-refractivity contribution in [3.8, 4) is 11.1 Å². The summed E-state index contributed by atoms with van der Waals surface area (Å²) in [6.07, 6.45) is 2.44. The summed E-state index contributed by atoms with van der Waals surface area (Å²) >= 11 is 1.59. The normalized spacial score (nSPS) is 24.7. The lowest BCUT2D eigenvalue weighted by atomic mass is 9.84. The Balaban J connectivity index is 1.38. The van der Waals surface area contributed by atoms with Gasteiger partial charge >= 0.3 is 0 Å². The average molecular weight is 362 g/mol. The van der Waals surface area contributed by atoms with E-state index in [0.717, 1.165) is 16.8 Å². The number of carbonyl (C=O) groups is 1. The quantitative estimate of drug-likeness (QED) is 0.749. The lowest BCUT2D eigenvalue weighted by Gasteiger charge is -2.44. The molecule has 0 aliphatic carbocycles. The minimum atomic E-state index is 0.0891. The van der Waals surface area contributed by atoms with Crippen LogP contribution in [0.25, 0.3) is 21.2 Å². The van der Waals surface area contributed by atoms with Gasteiger partial charge in [-0.3, -0.25) is 4.79 Å². The van der Waals surface area contributed by atoms with Gasteiger partial charge in [-0.2, -0.15) is 0 Å². The number of hydrogen-bond donors (Lipinski definition) is 1. The lowest BCUT2D eigenvalue weighted by molar-refractivity contribution is 0.0622. The van der Waals surface area contributed by atoms with Gasteiger partial charge in [-0.1, -0.05) is 36.4 Å². The van der Waals surface area contributed by atoms with Gasteiger partial charge in [0, 0.05) is 17.3 Å². The van der Waals surface area contributed by atoms with E-state index in [2.05, 4.69) is 52.7 Å². The number of piperidine rings is 3. The highest BCUT2D eigenvalue weighted by Gasteiger charge is 2.35. The van der Waals surface area contributed by atoms with Gasteiger partial charge in [0.2, 0.25) is 0 Å². The molecule has 26 heavy (non-hydrogen) atoms. The first-order chi connectivity index (χ1) is 12.8. The number of benzene rings is 2. The highest BCUT2D eigenvalue weighted by Crippen LogP contribution is 2.31. The van der Waals surface area contributed by atoms with E-state index in [4.69, 9.17) is 0 Å². The van der Waals surface area contributed by atoms with Crippen molar-refractivity contribution in [2.24, 2.45) is 5.92 Å². The lowest BCUT2D eigenvalue weighted by Crippen LogP contribution is -2.57. The van der Waals surface area contributed by atoms with Crippen molar-refractivity contribution in [2.75, 3.05) is 19.6 Å². The molecule has 0 spiro atoms. The van der Waals surface area contributed by atoms with Crippen LogP contribution in [0, 0.1) is 5.92 Å². The first-order valence-electron chi connectivity index (χ1n) is 9.38. The van der Waals surface area contributed by atoms with Crippen LogP contribution in [0.1, 0.15) is 22.5 Å². The second-order valence-electron chi connectivity index (χ2n) is 7.45. The summed E-state index contributed by atoms with van der Waals surface area (Å²) < 4.78 is 1.17. The fraction of sp³-hybridized carbons (Fsp3) is 0.318. The zero-order valence-electron chi connectivity index (χ0n) is 14.7. The Bertz CT molecular complexity index is 941. The fourth-order valence-electron chi connectivity index (χ4n) is 4.33. The largest absolute Gasteiger partial charge is 0.347 e. The van der Waals surface area contributed by atoms with E-state index >= 15 is 0 Å². The van der Waals surface area contributed by atoms with Gasteiger partial charge in [0.05, 0.1) is 4.88 Å². The molecular formula is C22H22N2OS. The molecule has 1 aromatic heterocycles. The molecule has 0 radical (unpaired) electrons. The van der Waals surface area contributed by atoms with Gasteiger partial charge in [-0.15, -0.1) is 11.3 Å². The number of nitrogens with one attached hydrogen (secondary N) is 1. The highest BCUT2D eigenvalue weighted by molar-refractivity contribution is 7.20. The van der Waals surface area contributed by atoms with Crippen molar-refractivity contribution in [3.05, 3.63) is 59.5 Å². The van der Waals surface area contributed by atoms with Crippen LogP contribution in [0.5, 0.6) is 0 Å². The topological polar surface area (TPSA) is 32.3 Å². The Morgan fingerprint density at radius 2 is 1.81 bits per heavy atom. The van der Waals surface area contributed by atoms with Crippen LogP contribution in [-0.2, 0) is 0 Å². The van der Waals surface area contributed by atoms with E-state index in [1.165, 1.54) is 41.8 Å². The van der Waals surface area contributed by atoms with E-state index in [1.807, 2.05) is 12.1 Å². The van der Waals surface area contributed by atoms with E-state index in [9.17, 15) is 4.79 Å². The van der Waals surface area contributed by atoms with E-state index in [-0.39, 0.29) is 5.91 Å². The molecule has 132 valence electrons. The van der Waals surface area contributed by atoms with Crippen LogP contribution in [0.3, 0.4) is 0 Å². The second-order valence-corrected chi connectivity index (χ2v) is 8.53. The SMILES string of the molecule is O=C(N[C@H]1CN2CCC1CC2)c1cc2cc(-c3ccccc3)ccc2s1. The zero-order valence-corrected chi connectivity index (χ0v) is 15.5. The van der Waals surface area contributed by atoms with Crippen molar-refractivity contribution in [3.63, 3.8) is 0 Å². The predicted octanol–water partition coefficient (Wildman–Crippen LogP) is 4.39. The minimum Gasteiger partial charge on any atom is -0.347 e. The molecule has 3 nitrogen and oxygen atoms in total. The van der Waals surface area contributed by atoms with Crippen LogP contribution in [0.2, 0.25) is 0 Å². The Hall–Kier alpha value is -2.17. The van der Waals surface area contributed by atoms with Crippen LogP contribution < -0.4 is 5.32 Å². The molecule has 3 aliphatic rings. The smallest absolute Gasteiger partial charge is 0.261 e. The molecule has 2 aromatic carbocycles. The molecule has 4 heterocycles. The Morgan fingerprint density at radius 3 is 2.54 bits per heavy atom. The third kappa shape index (κ3) is 2.93. The van der Waals surface area contributed by atoms with Crippen molar-refractivity contribution < 1.29 is 4.79 Å². The third-order valence-corrected chi connectivity index (χ3v) is 6.93. The molecular weight excluding hydrogens is 340 g/mol. The van der Waals surface area contributed by atoms with Crippen LogP contribution in [-0.4, -0.2) is 36.5 Å². The van der Waals surface area contributed by atoms with Crippen molar-refractivity contribution in [1.29, 1.82) is 0 Å². The summed E-state index contributed by atoms with van der Waals surface area (Å²) in [7, 11) is 0. The van der Waals surface area contributed by atoms with Crippen LogP contribution >= 0.6 is 11.3 Å². The maximum atomic E-state index is 12.8. The van der Waals surface area contributed by atoms with Crippen molar-refractivity contribution in [1.82, 2.24) is 10.2 Å². The van der Waals surface area contributed by atoms with Crippen molar-refractivity contribution in [2.45, 2.75) is 18.9 Å². The second kappa shape index (κ2) is 6.53. The van der Waals surface area contributed by atoms with Crippen molar-refractivity contribution >= 4 is 27.3 Å². The van der Waals surface area contributed by atoms with E-state index in [0.29, 0.717) is 12.0 Å². The monoisotopic (exact) mass is 362 g/mol. The number of amides is 1. The Morgan fingerprint density at radius 1 is 1.00 bits per heavy atom. The van der Waals surface area contributed by atoms with Gasteiger partial charge in [0.1, 0.15) is 0 Å². The number of hydrogen-bond acceptors (Lipinski definition) is 3. The van der Waals surface area contributed by atoms with Gasteiger partial charge < -0.3 is 10.2 Å². The summed E-state index contributed by atoms with van der Waals surface area (Å²) in [5.74, 6) is 0.745. The summed E-state index contributed by atoms with van der Waals surface area (Å²) in [5.41, 5.74) is 2.40. The fourth-order valence-corrected chi connectivity index (χ4v) is 5.28. The molecule has 6 rings (SSSR count). The summed E-state index contributed by atoms with van der Waals surface area (Å²) in [5, 5.41) is 4.45. The molecule has 3 aromatic rings. The minimum absolute atomic E-state index is 0.0891. The maximum Gasteiger partial charge on any atom is 0.261 e. The standard InChI is InChI=1S/C22H22N2OS/c25-22(23-19-14-24-10-8-16(19)9-11-24)21-13-18-12-17(6-7-20(18)26-21)15-4-2-1-3-5-15/h1-7,12-13,16,19H,8-11,14H2,(H,23,25)/t19-/m0/s1. The summed E-state index contributed by atoms with van der Waals surface area (Å²) in [4.78, 5) is 16.1. The molecule has 3 saturated heterocycles. The maximum absolute atomic E-state index is 12.8. The van der Waals surface area contributed by atoms with E-state index < -0.39 is 0 Å². The number of carbonyl (C=O) groups excluding carboxylic acids is 1. The molecule has 3 fully saturated rings. The molecule has 2 bridgehead atoms. The first-order valence-corrected chi connectivity index (χ1v) is 10.2. The van der Waals surface area contributed by atoms with Gasteiger partial charge in [0.25, 0.3) is 5.91 Å². The van der Waals surface area contributed by atoms with Crippen LogP contribution in [0.4, 0.5) is 0 Å². The molecule has 1 amide bonds. The first kappa shape index (κ1) is 16.0. The molecule has 1 N–H and O–H groups in total. The average Bonchev–Trinajstić information content (AvgIpc) is 3.13. The van der Waals surface area contributed by atoms with Gasteiger partial charge in [-0.25, -0.2) is 0 Å². The number of rotatable bonds is 3. The molecule has 0 saturated carbocycles. The Labute approximate surface area is 157 Å². The predicted molar refractivity (Wildman–Crippen MR) is 108 cm³/mol. The number of thiophene rings is 1. The van der Waals surface area contributed by atoms with Crippen LogP contribution in [0.15, 0.2) is 54.6 Å². The molecule has 1 atom stereocenters. The molecule has 0 unspecified atom stereocenters.